The van der Waals surface area contributed by atoms with Crippen LogP contribution in [-0.2, 0) is 6.42 Å². The predicted octanol–water partition coefficient (Wildman–Crippen LogP) is 4.62. The summed E-state index contributed by atoms with van der Waals surface area (Å²) in [5.74, 6) is 2.43. The van der Waals surface area contributed by atoms with Gasteiger partial charge in [0.2, 0.25) is 0 Å². The van der Waals surface area contributed by atoms with Gasteiger partial charge < -0.3 is 5.32 Å². The van der Waals surface area contributed by atoms with E-state index in [1.54, 1.807) is 0 Å². The Morgan fingerprint density at radius 1 is 1.18 bits per heavy atom. The molecule has 0 saturated heterocycles. The minimum absolute atomic E-state index is 0.507. The highest BCUT2D eigenvalue weighted by Crippen LogP contribution is 2.40. The maximum Gasteiger partial charge on any atom is 0.133 e. The monoisotopic (exact) mass is 295 g/mol. The van der Waals surface area contributed by atoms with Crippen LogP contribution in [0.1, 0.15) is 68.2 Å². The lowest BCUT2D eigenvalue weighted by molar-refractivity contribution is 0.668. The Kier molecular flexibility index (Phi) is 3.44. The summed E-state index contributed by atoms with van der Waals surface area (Å²) in [6, 6.07) is 8.70. The standard InChI is InChI=1S/C19H25N3/c1-13(2)15-9-5-6-10-17(15)22-19-16(11-12-20-19)18(21-22)14-7-3-4-8-14/h5-6,9-10,13-14,20H,3-4,7-8,11-12H2,1-2H3. The summed E-state index contributed by atoms with van der Waals surface area (Å²) in [6.45, 7) is 5.57. The molecule has 0 spiro atoms. The molecule has 22 heavy (non-hydrogen) atoms. The minimum atomic E-state index is 0.507. The van der Waals surface area contributed by atoms with E-state index in [9.17, 15) is 0 Å². The van der Waals surface area contributed by atoms with Gasteiger partial charge in [0.25, 0.3) is 0 Å². The van der Waals surface area contributed by atoms with E-state index in [0.717, 1.165) is 13.0 Å². The zero-order valence-electron chi connectivity index (χ0n) is 13.6. The number of rotatable bonds is 3. The SMILES string of the molecule is CC(C)c1ccccc1-n1nc(C2CCCC2)c2c1NCC2. The fraction of sp³-hybridized carbons (Fsp3) is 0.526. The highest BCUT2D eigenvalue weighted by atomic mass is 15.3. The Labute approximate surface area is 132 Å². The Morgan fingerprint density at radius 3 is 2.73 bits per heavy atom. The first-order valence-corrected chi connectivity index (χ1v) is 8.70. The van der Waals surface area contributed by atoms with Crippen molar-refractivity contribution in [2.24, 2.45) is 0 Å². The quantitative estimate of drug-likeness (QED) is 0.895. The highest BCUT2D eigenvalue weighted by Gasteiger charge is 2.29. The van der Waals surface area contributed by atoms with Gasteiger partial charge in [-0.25, -0.2) is 4.68 Å². The van der Waals surface area contributed by atoms with Crippen LogP contribution in [0.4, 0.5) is 5.82 Å². The topological polar surface area (TPSA) is 29.9 Å². The molecule has 0 bridgehead atoms. The summed E-state index contributed by atoms with van der Waals surface area (Å²) in [4.78, 5) is 0. The summed E-state index contributed by atoms with van der Waals surface area (Å²) in [5.41, 5.74) is 5.47. The van der Waals surface area contributed by atoms with Gasteiger partial charge in [-0.2, -0.15) is 5.10 Å². The van der Waals surface area contributed by atoms with Crippen LogP contribution < -0.4 is 5.32 Å². The van der Waals surface area contributed by atoms with Crippen LogP contribution in [0.5, 0.6) is 0 Å². The molecule has 2 heterocycles. The Bertz CT molecular complexity index is 678. The number of anilines is 1. The van der Waals surface area contributed by atoms with Crippen molar-refractivity contribution in [3.8, 4) is 5.69 Å². The van der Waals surface area contributed by atoms with Gasteiger partial charge in [0, 0.05) is 18.0 Å². The van der Waals surface area contributed by atoms with E-state index in [2.05, 4.69) is 48.1 Å². The van der Waals surface area contributed by atoms with Crippen molar-refractivity contribution in [2.75, 3.05) is 11.9 Å². The molecule has 0 atom stereocenters. The Balaban J connectivity index is 1.85. The lowest BCUT2D eigenvalue weighted by Gasteiger charge is -2.14. The fourth-order valence-corrected chi connectivity index (χ4v) is 4.07. The van der Waals surface area contributed by atoms with Gasteiger partial charge in [0.15, 0.2) is 0 Å². The highest BCUT2D eigenvalue weighted by molar-refractivity contribution is 5.59. The van der Waals surface area contributed by atoms with E-state index in [1.807, 2.05) is 0 Å². The van der Waals surface area contributed by atoms with Crippen molar-refractivity contribution in [3.63, 3.8) is 0 Å². The van der Waals surface area contributed by atoms with Crippen LogP contribution in [0.25, 0.3) is 5.69 Å². The third kappa shape index (κ3) is 2.15. The van der Waals surface area contributed by atoms with Crippen LogP contribution in [0.3, 0.4) is 0 Å². The van der Waals surface area contributed by atoms with Crippen molar-refractivity contribution in [1.29, 1.82) is 0 Å². The molecule has 1 N–H and O–H groups in total. The van der Waals surface area contributed by atoms with E-state index >= 15 is 0 Å². The molecule has 1 aromatic heterocycles. The molecule has 1 aliphatic carbocycles. The maximum absolute atomic E-state index is 5.08. The zero-order valence-corrected chi connectivity index (χ0v) is 13.6. The third-order valence-electron chi connectivity index (χ3n) is 5.21. The molecule has 116 valence electrons. The van der Waals surface area contributed by atoms with E-state index in [0.29, 0.717) is 11.8 Å². The molecule has 0 amide bonds. The third-order valence-corrected chi connectivity index (χ3v) is 5.21. The molecule has 3 nitrogen and oxygen atoms in total. The molecule has 4 rings (SSSR count). The van der Waals surface area contributed by atoms with Crippen molar-refractivity contribution < 1.29 is 0 Å². The minimum Gasteiger partial charge on any atom is -0.369 e. The van der Waals surface area contributed by atoms with Gasteiger partial charge in [-0.1, -0.05) is 44.9 Å². The van der Waals surface area contributed by atoms with E-state index in [4.69, 9.17) is 5.10 Å². The number of aromatic nitrogens is 2. The second-order valence-electron chi connectivity index (χ2n) is 7.00. The van der Waals surface area contributed by atoms with Gasteiger partial charge in [0.1, 0.15) is 5.82 Å². The number of nitrogens with zero attached hydrogens (tertiary/aromatic N) is 2. The Morgan fingerprint density at radius 2 is 1.95 bits per heavy atom. The second kappa shape index (κ2) is 5.45. The largest absolute Gasteiger partial charge is 0.369 e. The summed E-state index contributed by atoms with van der Waals surface area (Å²) in [6.07, 6.45) is 6.49. The zero-order chi connectivity index (χ0) is 15.1. The van der Waals surface area contributed by atoms with Crippen LogP contribution >= 0.6 is 0 Å². The normalized spacial score (nSPS) is 18.0. The molecule has 1 saturated carbocycles. The lowest BCUT2D eigenvalue weighted by Crippen LogP contribution is -2.08. The first kappa shape index (κ1) is 13.9. The first-order valence-electron chi connectivity index (χ1n) is 8.70. The van der Waals surface area contributed by atoms with Gasteiger partial charge >= 0.3 is 0 Å². The Hall–Kier alpha value is -1.77. The number of para-hydroxylation sites is 1. The predicted molar refractivity (Wildman–Crippen MR) is 91.1 cm³/mol. The molecular weight excluding hydrogens is 270 g/mol. The molecule has 3 heteroatoms. The summed E-state index contributed by atoms with van der Waals surface area (Å²) >= 11 is 0. The first-order chi connectivity index (χ1) is 10.8. The molecule has 2 aromatic rings. The average molecular weight is 295 g/mol. The average Bonchev–Trinajstić information content (AvgIpc) is 3.24. The molecule has 1 aliphatic heterocycles. The number of benzene rings is 1. The van der Waals surface area contributed by atoms with Crippen molar-refractivity contribution in [3.05, 3.63) is 41.1 Å². The van der Waals surface area contributed by atoms with Crippen LogP contribution in [0, 0.1) is 0 Å². The van der Waals surface area contributed by atoms with Gasteiger partial charge in [0.05, 0.1) is 11.4 Å². The van der Waals surface area contributed by atoms with Gasteiger partial charge in [-0.3, -0.25) is 0 Å². The van der Waals surface area contributed by atoms with Gasteiger partial charge in [-0.05, 0) is 36.8 Å². The van der Waals surface area contributed by atoms with Crippen molar-refractivity contribution >= 4 is 5.82 Å². The number of hydrogen-bond donors (Lipinski definition) is 1. The molecule has 0 unspecified atom stereocenters. The molecule has 2 aliphatic rings. The van der Waals surface area contributed by atoms with E-state index < -0.39 is 0 Å². The number of fused-ring (bicyclic) bond motifs is 1. The van der Waals surface area contributed by atoms with Crippen molar-refractivity contribution in [1.82, 2.24) is 9.78 Å². The molecular formula is C19H25N3. The summed E-state index contributed by atoms with van der Waals surface area (Å²) in [7, 11) is 0. The maximum atomic E-state index is 5.08. The van der Waals surface area contributed by atoms with Crippen LogP contribution in [-0.4, -0.2) is 16.3 Å². The smallest absolute Gasteiger partial charge is 0.133 e. The second-order valence-corrected chi connectivity index (χ2v) is 7.00. The molecule has 0 radical (unpaired) electrons. The van der Waals surface area contributed by atoms with E-state index in [1.165, 1.54) is 54.0 Å². The van der Waals surface area contributed by atoms with Crippen LogP contribution in [0.15, 0.2) is 24.3 Å². The van der Waals surface area contributed by atoms with Gasteiger partial charge in [-0.15, -0.1) is 0 Å². The molecule has 1 aromatic carbocycles. The number of hydrogen-bond acceptors (Lipinski definition) is 2. The fourth-order valence-electron chi connectivity index (χ4n) is 4.07. The van der Waals surface area contributed by atoms with Crippen molar-refractivity contribution in [2.45, 2.75) is 57.8 Å². The van der Waals surface area contributed by atoms with Crippen LogP contribution in [0.2, 0.25) is 0 Å². The summed E-state index contributed by atoms with van der Waals surface area (Å²) in [5, 5.41) is 8.66. The lowest BCUT2D eigenvalue weighted by atomic mass is 9.99. The number of nitrogens with one attached hydrogen (secondary N) is 1. The molecule has 1 fully saturated rings. The van der Waals surface area contributed by atoms with E-state index in [-0.39, 0.29) is 0 Å². The summed E-state index contributed by atoms with van der Waals surface area (Å²) < 4.78 is 2.19.